The van der Waals surface area contributed by atoms with Gasteiger partial charge in [-0.2, -0.15) is 0 Å². The summed E-state index contributed by atoms with van der Waals surface area (Å²) in [5.74, 6) is -0.0843. The molecule has 3 heterocycles. The molecule has 0 radical (unpaired) electrons. The van der Waals surface area contributed by atoms with Gasteiger partial charge >= 0.3 is 0 Å². The highest BCUT2D eigenvalue weighted by molar-refractivity contribution is 6.22. The Balaban J connectivity index is 1.32. The molecule has 1 aliphatic rings. The van der Waals surface area contributed by atoms with Crippen LogP contribution in [0, 0.1) is 10.1 Å². The van der Waals surface area contributed by atoms with Crippen molar-refractivity contribution in [3.05, 3.63) is 117 Å². The number of nitrogens with zero attached hydrogens (tertiary/aromatic N) is 4. The number of aromatic amines is 2. The maximum absolute atomic E-state index is 11.6. The first-order valence-electron chi connectivity index (χ1n) is 14.7. The number of fused-ring (bicyclic) bond motifs is 1. The number of nitrogens with one attached hydrogen (secondary N) is 2. The minimum Gasteiger partial charge on any atom is -0.494 e. The van der Waals surface area contributed by atoms with Crippen LogP contribution in [0.5, 0.6) is 5.88 Å². The largest absolute Gasteiger partial charge is 0.494 e. The minimum atomic E-state index is -0.432. The van der Waals surface area contributed by atoms with Crippen LogP contribution in [-0.2, 0) is 6.42 Å². The van der Waals surface area contributed by atoms with Gasteiger partial charge in [-0.25, -0.2) is 9.98 Å². The molecule has 0 amide bonds. The van der Waals surface area contributed by atoms with Crippen molar-refractivity contribution in [2.45, 2.75) is 32.1 Å². The second-order valence-electron chi connectivity index (χ2n) is 10.9. The number of rotatable bonds is 10. The first kappa shape index (κ1) is 28.1. The van der Waals surface area contributed by atoms with Gasteiger partial charge in [0.05, 0.1) is 40.1 Å². The summed E-state index contributed by atoms with van der Waals surface area (Å²) in [7, 11) is 0. The SMILES string of the molecule is O=[N+]([O-])c1ccc2[nH]c(O)c(C(=Nc3ccc(/C=C/c4cnc[nH]4)cc3)c3ccc(CCCN4CCCCC4)cc3)c2c1. The summed E-state index contributed by atoms with van der Waals surface area (Å²) in [4.78, 5) is 28.7. The Bertz CT molecular complexity index is 1750. The first-order valence-corrected chi connectivity index (χ1v) is 14.7. The van der Waals surface area contributed by atoms with Crippen LogP contribution >= 0.6 is 0 Å². The minimum absolute atomic E-state index is 0.0513. The predicted molar refractivity (Wildman–Crippen MR) is 171 cm³/mol. The highest BCUT2D eigenvalue weighted by atomic mass is 16.6. The fourth-order valence-corrected chi connectivity index (χ4v) is 5.64. The van der Waals surface area contributed by atoms with Crippen LogP contribution in [0.25, 0.3) is 23.1 Å². The molecule has 0 spiro atoms. The van der Waals surface area contributed by atoms with Crippen molar-refractivity contribution in [2.75, 3.05) is 19.6 Å². The lowest BCUT2D eigenvalue weighted by atomic mass is 9.98. The number of non-ortho nitro benzene ring substituents is 1. The van der Waals surface area contributed by atoms with Crippen LogP contribution in [-0.4, -0.2) is 55.2 Å². The second-order valence-corrected chi connectivity index (χ2v) is 10.9. The van der Waals surface area contributed by atoms with Gasteiger partial charge in [0.2, 0.25) is 0 Å². The molecule has 1 fully saturated rings. The van der Waals surface area contributed by atoms with E-state index in [9.17, 15) is 15.2 Å². The number of imidazole rings is 1. The van der Waals surface area contributed by atoms with Gasteiger partial charge in [0, 0.05) is 28.6 Å². The molecule has 0 saturated carbocycles. The third kappa shape index (κ3) is 6.73. The van der Waals surface area contributed by atoms with Crippen LogP contribution in [0.2, 0.25) is 0 Å². The highest BCUT2D eigenvalue weighted by Gasteiger charge is 2.21. The molecule has 43 heavy (non-hydrogen) atoms. The number of aromatic nitrogens is 3. The predicted octanol–water partition coefficient (Wildman–Crippen LogP) is 7.26. The summed E-state index contributed by atoms with van der Waals surface area (Å²) in [6, 6.07) is 20.5. The van der Waals surface area contributed by atoms with Crippen LogP contribution in [0.15, 0.2) is 84.2 Å². The summed E-state index contributed by atoms with van der Waals surface area (Å²) in [6.07, 6.45) is 13.3. The molecule has 0 bridgehead atoms. The molecule has 9 nitrogen and oxygen atoms in total. The van der Waals surface area contributed by atoms with E-state index in [0.717, 1.165) is 36.2 Å². The van der Waals surface area contributed by atoms with Gasteiger partial charge in [-0.15, -0.1) is 0 Å². The number of hydrogen-bond acceptors (Lipinski definition) is 6. The van der Waals surface area contributed by atoms with Crippen molar-refractivity contribution in [2.24, 2.45) is 4.99 Å². The fourth-order valence-electron chi connectivity index (χ4n) is 5.64. The zero-order valence-corrected chi connectivity index (χ0v) is 23.9. The van der Waals surface area contributed by atoms with E-state index in [1.54, 1.807) is 18.6 Å². The molecule has 3 N–H and O–H groups in total. The number of likely N-dealkylation sites (tertiary alicyclic amines) is 1. The lowest BCUT2D eigenvalue weighted by molar-refractivity contribution is -0.384. The smallest absolute Gasteiger partial charge is 0.270 e. The zero-order chi connectivity index (χ0) is 29.6. The molecular weight excluding hydrogens is 540 g/mol. The van der Waals surface area contributed by atoms with Gasteiger partial charge in [0.1, 0.15) is 0 Å². The maximum atomic E-state index is 11.6. The van der Waals surface area contributed by atoms with E-state index in [4.69, 9.17) is 4.99 Å². The van der Waals surface area contributed by atoms with Crippen molar-refractivity contribution >= 4 is 40.1 Å². The van der Waals surface area contributed by atoms with E-state index in [1.165, 1.54) is 50.0 Å². The molecule has 1 aliphatic heterocycles. The molecule has 218 valence electrons. The second kappa shape index (κ2) is 12.9. The normalized spacial score (nSPS) is 14.6. The molecule has 0 atom stereocenters. The van der Waals surface area contributed by atoms with E-state index in [0.29, 0.717) is 27.9 Å². The topological polar surface area (TPSA) is 123 Å². The van der Waals surface area contributed by atoms with Gasteiger partial charge in [-0.1, -0.05) is 48.9 Å². The molecule has 2 aromatic heterocycles. The Morgan fingerprint density at radius 3 is 2.53 bits per heavy atom. The van der Waals surface area contributed by atoms with Crippen molar-refractivity contribution in [1.82, 2.24) is 19.9 Å². The van der Waals surface area contributed by atoms with Crippen LogP contribution in [0.3, 0.4) is 0 Å². The number of hydrogen-bond donors (Lipinski definition) is 3. The van der Waals surface area contributed by atoms with Crippen LogP contribution in [0.4, 0.5) is 11.4 Å². The number of nitro groups is 1. The Morgan fingerprint density at radius 1 is 1.02 bits per heavy atom. The number of piperidine rings is 1. The number of nitro benzene ring substituents is 1. The fraction of sp³-hybridized carbons (Fsp3) is 0.235. The van der Waals surface area contributed by atoms with Gasteiger partial charge in [-0.3, -0.25) is 10.1 Å². The number of H-pyrrole nitrogens is 2. The van der Waals surface area contributed by atoms with Gasteiger partial charge in [-0.05, 0) is 80.7 Å². The average molecular weight is 575 g/mol. The summed E-state index contributed by atoms with van der Waals surface area (Å²) >= 11 is 0. The monoisotopic (exact) mass is 574 g/mol. The van der Waals surface area contributed by atoms with Gasteiger partial charge in [0.25, 0.3) is 5.69 Å². The highest BCUT2D eigenvalue weighted by Crippen LogP contribution is 2.34. The molecule has 3 aromatic carbocycles. The standard InChI is InChI=1S/C34H34N6O3/c41-34-32(30-21-29(40(42)43)16-17-31(30)38-34)33(37-27-13-8-25(9-14-27)10-15-28-22-35-23-36-28)26-11-6-24(7-12-26)5-4-20-39-18-2-1-3-19-39/h6-17,21-23,38,41H,1-5,18-20H2,(H,35,36)/b15-10+,37-33?. The number of aliphatic imine (C=N–C) groups is 1. The number of benzene rings is 3. The number of aromatic hydroxyl groups is 1. The Labute approximate surface area is 249 Å². The van der Waals surface area contributed by atoms with Crippen molar-refractivity contribution in [3.63, 3.8) is 0 Å². The maximum Gasteiger partial charge on any atom is 0.270 e. The van der Waals surface area contributed by atoms with Crippen molar-refractivity contribution in [3.8, 4) is 5.88 Å². The van der Waals surface area contributed by atoms with E-state index in [1.807, 2.05) is 48.6 Å². The molecule has 1 saturated heterocycles. The summed E-state index contributed by atoms with van der Waals surface area (Å²) in [5.41, 5.74) is 6.16. The van der Waals surface area contributed by atoms with E-state index < -0.39 is 4.92 Å². The first-order chi connectivity index (χ1) is 21.0. The Kier molecular flexibility index (Phi) is 8.42. The van der Waals surface area contributed by atoms with Gasteiger partial charge < -0.3 is 20.0 Å². The lowest BCUT2D eigenvalue weighted by Crippen LogP contribution is -2.30. The quantitative estimate of drug-likeness (QED) is 0.0920. The summed E-state index contributed by atoms with van der Waals surface area (Å²) in [6.45, 7) is 3.52. The van der Waals surface area contributed by atoms with E-state index >= 15 is 0 Å². The molecule has 5 aromatic rings. The van der Waals surface area contributed by atoms with E-state index in [-0.39, 0.29) is 11.6 Å². The third-order valence-electron chi connectivity index (χ3n) is 7.93. The van der Waals surface area contributed by atoms with Crippen molar-refractivity contribution < 1.29 is 10.0 Å². The van der Waals surface area contributed by atoms with Gasteiger partial charge in [0.15, 0.2) is 5.88 Å². The van der Waals surface area contributed by atoms with E-state index in [2.05, 4.69) is 32.0 Å². The molecule has 0 unspecified atom stereocenters. The molecule has 9 heteroatoms. The molecular formula is C34H34N6O3. The summed E-state index contributed by atoms with van der Waals surface area (Å²) < 4.78 is 0. The number of aryl methyl sites for hydroxylation is 1. The lowest BCUT2D eigenvalue weighted by Gasteiger charge is -2.26. The molecule has 6 rings (SSSR count). The van der Waals surface area contributed by atoms with Crippen LogP contribution < -0.4 is 0 Å². The van der Waals surface area contributed by atoms with Crippen LogP contribution in [0.1, 0.15) is 53.6 Å². The Morgan fingerprint density at radius 2 is 1.81 bits per heavy atom. The average Bonchev–Trinajstić information content (AvgIpc) is 3.67. The van der Waals surface area contributed by atoms with Crippen molar-refractivity contribution in [1.29, 1.82) is 0 Å². The molecule has 0 aliphatic carbocycles. The third-order valence-corrected chi connectivity index (χ3v) is 7.93. The summed E-state index contributed by atoms with van der Waals surface area (Å²) in [5, 5.41) is 23.1. The Hall–Kier alpha value is -5.02. The zero-order valence-electron chi connectivity index (χ0n) is 23.9.